The van der Waals surface area contributed by atoms with Crippen LogP contribution in [-0.4, -0.2) is 33.4 Å². The van der Waals surface area contributed by atoms with E-state index in [0.29, 0.717) is 23.8 Å². The number of hydrogen-bond donors (Lipinski definition) is 3. The van der Waals surface area contributed by atoms with Crippen LogP contribution in [0.2, 0.25) is 0 Å². The summed E-state index contributed by atoms with van der Waals surface area (Å²) in [5.41, 5.74) is 7.57. The standard InChI is InChI=1S/C15H18N4O2/c16-11-2-1-3-12(8-11)19-5-4-14(18-19)15(21)17-9-10-6-13(20)7-10/h1-5,8,10,13,20H,6-7,9,16H2,(H,17,21). The Kier molecular flexibility index (Phi) is 3.62. The zero-order chi connectivity index (χ0) is 14.8. The van der Waals surface area contributed by atoms with Crippen molar-refractivity contribution in [2.45, 2.75) is 18.9 Å². The molecule has 0 saturated heterocycles. The van der Waals surface area contributed by atoms with Gasteiger partial charge >= 0.3 is 0 Å². The van der Waals surface area contributed by atoms with Gasteiger partial charge in [-0.05, 0) is 43.0 Å². The van der Waals surface area contributed by atoms with Crippen molar-refractivity contribution in [3.63, 3.8) is 0 Å². The Morgan fingerprint density at radius 2 is 2.24 bits per heavy atom. The Labute approximate surface area is 122 Å². The average Bonchev–Trinajstić information content (AvgIpc) is 2.92. The van der Waals surface area contributed by atoms with E-state index in [4.69, 9.17) is 5.73 Å². The number of aliphatic hydroxyl groups excluding tert-OH is 1. The lowest BCUT2D eigenvalue weighted by molar-refractivity contribution is 0.0419. The Morgan fingerprint density at radius 3 is 2.95 bits per heavy atom. The first kappa shape index (κ1) is 13.6. The van der Waals surface area contributed by atoms with Crippen LogP contribution in [-0.2, 0) is 0 Å². The fourth-order valence-corrected chi connectivity index (χ4v) is 2.45. The first-order valence-electron chi connectivity index (χ1n) is 6.99. The van der Waals surface area contributed by atoms with Gasteiger partial charge in [-0.15, -0.1) is 0 Å². The van der Waals surface area contributed by atoms with Crippen LogP contribution in [0.25, 0.3) is 5.69 Å². The number of nitrogens with one attached hydrogen (secondary N) is 1. The van der Waals surface area contributed by atoms with E-state index in [1.807, 2.05) is 12.1 Å². The maximum absolute atomic E-state index is 12.0. The molecule has 0 bridgehead atoms. The third-order valence-electron chi connectivity index (χ3n) is 3.72. The van der Waals surface area contributed by atoms with E-state index in [-0.39, 0.29) is 12.0 Å². The topological polar surface area (TPSA) is 93.2 Å². The normalized spacial score (nSPS) is 20.8. The molecule has 6 heteroatoms. The number of amides is 1. The van der Waals surface area contributed by atoms with Crippen molar-refractivity contribution in [2.24, 2.45) is 5.92 Å². The van der Waals surface area contributed by atoms with E-state index in [0.717, 1.165) is 18.5 Å². The number of carbonyl (C=O) groups is 1. The molecule has 6 nitrogen and oxygen atoms in total. The Balaban J connectivity index is 1.63. The van der Waals surface area contributed by atoms with Gasteiger partial charge in [0.25, 0.3) is 5.91 Å². The molecule has 4 N–H and O–H groups in total. The maximum Gasteiger partial charge on any atom is 0.271 e. The molecule has 1 amide bonds. The molecular weight excluding hydrogens is 268 g/mol. The number of aliphatic hydroxyl groups is 1. The van der Waals surface area contributed by atoms with Crippen molar-refractivity contribution in [1.29, 1.82) is 0 Å². The van der Waals surface area contributed by atoms with Crippen molar-refractivity contribution < 1.29 is 9.90 Å². The number of rotatable bonds is 4. The van der Waals surface area contributed by atoms with E-state index < -0.39 is 0 Å². The van der Waals surface area contributed by atoms with Crippen molar-refractivity contribution >= 4 is 11.6 Å². The SMILES string of the molecule is Nc1cccc(-n2ccc(C(=O)NCC3CC(O)C3)n2)c1. The van der Waals surface area contributed by atoms with E-state index >= 15 is 0 Å². The summed E-state index contributed by atoms with van der Waals surface area (Å²) in [5, 5.41) is 16.3. The number of hydrogen-bond acceptors (Lipinski definition) is 4. The molecule has 1 aromatic heterocycles. The van der Waals surface area contributed by atoms with Gasteiger partial charge in [-0.3, -0.25) is 4.79 Å². The van der Waals surface area contributed by atoms with Gasteiger partial charge < -0.3 is 16.2 Å². The molecule has 2 aromatic rings. The van der Waals surface area contributed by atoms with Crippen LogP contribution in [0, 0.1) is 5.92 Å². The minimum absolute atomic E-state index is 0.195. The Morgan fingerprint density at radius 1 is 1.43 bits per heavy atom. The molecule has 1 aliphatic carbocycles. The van der Waals surface area contributed by atoms with Crippen LogP contribution < -0.4 is 11.1 Å². The van der Waals surface area contributed by atoms with Crippen LogP contribution in [0.3, 0.4) is 0 Å². The number of benzene rings is 1. The number of aromatic nitrogens is 2. The number of nitrogens with two attached hydrogens (primary N) is 1. The van der Waals surface area contributed by atoms with Crippen LogP contribution in [0.5, 0.6) is 0 Å². The minimum atomic E-state index is -0.199. The van der Waals surface area contributed by atoms with Crippen LogP contribution >= 0.6 is 0 Å². The summed E-state index contributed by atoms with van der Waals surface area (Å²) < 4.78 is 1.62. The molecule has 1 fully saturated rings. The Hall–Kier alpha value is -2.34. The highest BCUT2D eigenvalue weighted by Gasteiger charge is 2.27. The largest absolute Gasteiger partial charge is 0.399 e. The van der Waals surface area contributed by atoms with E-state index in [9.17, 15) is 9.90 Å². The molecule has 1 saturated carbocycles. The van der Waals surface area contributed by atoms with Crippen molar-refractivity contribution in [3.05, 3.63) is 42.2 Å². The zero-order valence-corrected chi connectivity index (χ0v) is 11.6. The summed E-state index contributed by atoms with van der Waals surface area (Å²) >= 11 is 0. The second-order valence-corrected chi connectivity index (χ2v) is 5.44. The molecule has 0 atom stereocenters. The van der Waals surface area contributed by atoms with Gasteiger partial charge in [-0.25, -0.2) is 4.68 Å². The second kappa shape index (κ2) is 5.57. The highest BCUT2D eigenvalue weighted by molar-refractivity contribution is 5.92. The van der Waals surface area contributed by atoms with Crippen LogP contribution in [0.1, 0.15) is 23.3 Å². The van der Waals surface area contributed by atoms with Gasteiger partial charge in [-0.1, -0.05) is 6.07 Å². The highest BCUT2D eigenvalue weighted by Crippen LogP contribution is 2.26. The van der Waals surface area contributed by atoms with E-state index in [2.05, 4.69) is 10.4 Å². The zero-order valence-electron chi connectivity index (χ0n) is 11.6. The molecular formula is C15H18N4O2. The monoisotopic (exact) mass is 286 g/mol. The van der Waals surface area contributed by atoms with Crippen molar-refractivity contribution in [3.8, 4) is 5.69 Å². The van der Waals surface area contributed by atoms with Gasteiger partial charge in [0.1, 0.15) is 0 Å². The molecule has 0 unspecified atom stereocenters. The second-order valence-electron chi connectivity index (χ2n) is 5.44. The molecule has 1 aliphatic rings. The lowest BCUT2D eigenvalue weighted by Crippen LogP contribution is -2.38. The molecule has 110 valence electrons. The molecule has 3 rings (SSSR count). The average molecular weight is 286 g/mol. The molecule has 0 aliphatic heterocycles. The lowest BCUT2D eigenvalue weighted by atomic mass is 9.82. The smallest absolute Gasteiger partial charge is 0.271 e. The predicted octanol–water partition coefficient (Wildman–Crippen LogP) is 0.955. The summed E-state index contributed by atoms with van der Waals surface area (Å²) in [6, 6.07) is 8.99. The molecule has 21 heavy (non-hydrogen) atoms. The van der Waals surface area contributed by atoms with Crippen LogP contribution in [0.4, 0.5) is 5.69 Å². The first-order chi connectivity index (χ1) is 10.1. The molecule has 0 spiro atoms. The Bertz CT molecular complexity index is 647. The van der Waals surface area contributed by atoms with Crippen molar-refractivity contribution in [2.75, 3.05) is 12.3 Å². The highest BCUT2D eigenvalue weighted by atomic mass is 16.3. The quantitative estimate of drug-likeness (QED) is 0.730. The number of anilines is 1. The van der Waals surface area contributed by atoms with Gasteiger partial charge in [0.2, 0.25) is 0 Å². The van der Waals surface area contributed by atoms with Crippen LogP contribution in [0.15, 0.2) is 36.5 Å². The molecule has 1 heterocycles. The van der Waals surface area contributed by atoms with E-state index in [1.165, 1.54) is 0 Å². The van der Waals surface area contributed by atoms with Gasteiger partial charge in [0, 0.05) is 18.4 Å². The molecule has 1 aromatic carbocycles. The first-order valence-corrected chi connectivity index (χ1v) is 6.99. The third kappa shape index (κ3) is 3.05. The summed E-state index contributed by atoms with van der Waals surface area (Å²) in [6.07, 6.45) is 3.06. The number of nitrogens with zero attached hydrogens (tertiary/aromatic N) is 2. The summed E-state index contributed by atoms with van der Waals surface area (Å²) in [7, 11) is 0. The summed E-state index contributed by atoms with van der Waals surface area (Å²) in [4.78, 5) is 12.0. The maximum atomic E-state index is 12.0. The van der Waals surface area contributed by atoms with Gasteiger partial charge in [0.05, 0.1) is 11.8 Å². The van der Waals surface area contributed by atoms with Gasteiger partial charge in [-0.2, -0.15) is 5.10 Å². The third-order valence-corrected chi connectivity index (χ3v) is 3.72. The summed E-state index contributed by atoms with van der Waals surface area (Å²) in [6.45, 7) is 0.584. The minimum Gasteiger partial charge on any atom is -0.399 e. The fourth-order valence-electron chi connectivity index (χ4n) is 2.45. The lowest BCUT2D eigenvalue weighted by Gasteiger charge is -2.31. The predicted molar refractivity (Wildman–Crippen MR) is 79.0 cm³/mol. The van der Waals surface area contributed by atoms with Gasteiger partial charge in [0.15, 0.2) is 5.69 Å². The van der Waals surface area contributed by atoms with Crippen molar-refractivity contribution in [1.82, 2.24) is 15.1 Å². The fraction of sp³-hybridized carbons (Fsp3) is 0.333. The van der Waals surface area contributed by atoms with E-state index in [1.54, 1.807) is 29.1 Å². The molecule has 0 radical (unpaired) electrons. The number of nitrogen functional groups attached to an aromatic ring is 1. The number of carbonyl (C=O) groups excluding carboxylic acids is 1. The summed E-state index contributed by atoms with van der Waals surface area (Å²) in [5.74, 6) is 0.180.